The Balaban J connectivity index is 1.56. The highest BCUT2D eigenvalue weighted by Crippen LogP contribution is 2.68. The van der Waals surface area contributed by atoms with Gasteiger partial charge in [-0.1, -0.05) is 127 Å². The molecule has 5 heteroatoms. The van der Waals surface area contributed by atoms with E-state index in [0.717, 1.165) is 45.5 Å². The lowest BCUT2D eigenvalue weighted by Gasteiger charge is -2.61. The lowest BCUT2D eigenvalue weighted by Crippen LogP contribution is -2.65. The second kappa shape index (κ2) is 10.6. The maximum Gasteiger partial charge on any atom is 0.309 e. The first-order chi connectivity index (χ1) is 21.7. The SMILES string of the molecule is C[N+](C)(Cc1ccccc1)Cc1ccc2c(c1)C1(c3ccccc3)c3ccccc3C2(c2ccccc2)C(C(=O)O)C1C(=O)O. The Morgan fingerprint density at radius 3 is 1.42 bits per heavy atom. The van der Waals surface area contributed by atoms with Crippen LogP contribution in [0, 0.1) is 11.8 Å². The van der Waals surface area contributed by atoms with Crippen molar-refractivity contribution >= 4 is 11.9 Å². The van der Waals surface area contributed by atoms with Gasteiger partial charge in [0.15, 0.2) is 0 Å². The monoisotopic (exact) mass is 594 g/mol. The molecule has 45 heavy (non-hydrogen) atoms. The molecule has 0 aromatic heterocycles. The number of aliphatic carboxylic acids is 2. The molecular formula is C40H36NO4+. The maximum absolute atomic E-state index is 13.7. The summed E-state index contributed by atoms with van der Waals surface area (Å²) in [6.07, 6.45) is 0. The Morgan fingerprint density at radius 1 is 0.533 bits per heavy atom. The van der Waals surface area contributed by atoms with Gasteiger partial charge < -0.3 is 14.7 Å². The van der Waals surface area contributed by atoms with Crippen molar-refractivity contribution in [1.29, 1.82) is 0 Å². The van der Waals surface area contributed by atoms with Crippen LogP contribution in [0.15, 0.2) is 133 Å². The molecule has 2 N–H and O–H groups in total. The summed E-state index contributed by atoms with van der Waals surface area (Å²) in [4.78, 5) is 27.3. The predicted molar refractivity (Wildman–Crippen MR) is 174 cm³/mol. The van der Waals surface area contributed by atoms with Crippen LogP contribution in [0.3, 0.4) is 0 Å². The van der Waals surface area contributed by atoms with Gasteiger partial charge in [-0.2, -0.15) is 0 Å². The molecule has 2 bridgehead atoms. The van der Waals surface area contributed by atoms with Crippen LogP contribution in [-0.2, 0) is 33.5 Å². The second-order valence-corrected chi connectivity index (χ2v) is 13.1. The molecule has 0 amide bonds. The average Bonchev–Trinajstić information content (AvgIpc) is 3.05. The number of nitrogens with zero attached hydrogens (tertiary/aromatic N) is 1. The lowest BCUT2D eigenvalue weighted by atomic mass is 9.38. The molecule has 0 aliphatic heterocycles. The molecule has 8 rings (SSSR count). The Morgan fingerprint density at radius 2 is 0.933 bits per heavy atom. The van der Waals surface area contributed by atoms with E-state index in [2.05, 4.69) is 56.6 Å². The molecule has 0 saturated carbocycles. The predicted octanol–water partition coefficient (Wildman–Crippen LogP) is 6.86. The summed E-state index contributed by atoms with van der Waals surface area (Å²) in [5, 5.41) is 22.3. The Labute approximate surface area is 263 Å². The van der Waals surface area contributed by atoms with Crippen molar-refractivity contribution in [3.8, 4) is 0 Å². The molecule has 0 radical (unpaired) electrons. The number of quaternary nitrogens is 1. The minimum absolute atomic E-state index is 0.696. The van der Waals surface area contributed by atoms with Crippen LogP contribution in [0.1, 0.15) is 44.5 Å². The highest BCUT2D eigenvalue weighted by atomic mass is 16.4. The van der Waals surface area contributed by atoms with E-state index in [1.807, 2.05) is 91.0 Å². The molecule has 0 fully saturated rings. The van der Waals surface area contributed by atoms with E-state index in [9.17, 15) is 19.8 Å². The highest BCUT2D eigenvalue weighted by Gasteiger charge is 2.70. The Hall–Kier alpha value is -5.00. The molecule has 3 aliphatic rings. The van der Waals surface area contributed by atoms with Gasteiger partial charge in [0.25, 0.3) is 0 Å². The molecule has 4 atom stereocenters. The summed E-state index contributed by atoms with van der Waals surface area (Å²) in [5.41, 5.74) is 4.91. The molecule has 3 aliphatic carbocycles. The van der Waals surface area contributed by atoms with E-state index in [0.29, 0.717) is 11.0 Å². The van der Waals surface area contributed by atoms with Crippen molar-refractivity contribution in [2.45, 2.75) is 23.9 Å². The summed E-state index contributed by atoms with van der Waals surface area (Å²) in [6, 6.07) is 44.0. The summed E-state index contributed by atoms with van der Waals surface area (Å²) in [7, 11) is 4.40. The molecule has 5 nitrogen and oxygen atoms in total. The zero-order valence-electron chi connectivity index (χ0n) is 25.4. The maximum atomic E-state index is 13.7. The quantitative estimate of drug-likeness (QED) is 0.193. The summed E-state index contributed by atoms with van der Waals surface area (Å²) in [6.45, 7) is 1.55. The number of carboxylic acids is 2. The second-order valence-electron chi connectivity index (χ2n) is 13.1. The number of rotatable bonds is 8. The van der Waals surface area contributed by atoms with E-state index in [-0.39, 0.29) is 0 Å². The van der Waals surface area contributed by atoms with E-state index >= 15 is 0 Å². The number of carbonyl (C=O) groups is 2. The summed E-state index contributed by atoms with van der Waals surface area (Å²) in [5.74, 6) is -4.74. The van der Waals surface area contributed by atoms with E-state index in [1.165, 1.54) is 5.56 Å². The fraction of sp³-hybridized carbons (Fsp3) is 0.200. The van der Waals surface area contributed by atoms with Gasteiger partial charge in [0.05, 0.1) is 36.8 Å². The van der Waals surface area contributed by atoms with Gasteiger partial charge in [-0.3, -0.25) is 9.59 Å². The fourth-order valence-corrected chi connectivity index (χ4v) is 8.66. The normalized spacial score (nSPS) is 23.2. The topological polar surface area (TPSA) is 74.6 Å². The zero-order chi connectivity index (χ0) is 31.4. The van der Waals surface area contributed by atoms with E-state index in [1.54, 1.807) is 0 Å². The fourth-order valence-electron chi connectivity index (χ4n) is 8.66. The van der Waals surface area contributed by atoms with Crippen LogP contribution < -0.4 is 0 Å². The molecular weight excluding hydrogens is 558 g/mol. The number of hydrogen-bond donors (Lipinski definition) is 2. The van der Waals surface area contributed by atoms with Crippen LogP contribution in [-0.4, -0.2) is 40.7 Å². The average molecular weight is 595 g/mol. The van der Waals surface area contributed by atoms with Gasteiger partial charge in [-0.15, -0.1) is 0 Å². The van der Waals surface area contributed by atoms with Crippen molar-refractivity contribution in [2.75, 3.05) is 14.1 Å². The lowest BCUT2D eigenvalue weighted by molar-refractivity contribution is -0.916. The molecule has 0 heterocycles. The molecule has 224 valence electrons. The van der Waals surface area contributed by atoms with Crippen LogP contribution in [0.2, 0.25) is 0 Å². The highest BCUT2D eigenvalue weighted by molar-refractivity contribution is 5.92. The van der Waals surface area contributed by atoms with Crippen LogP contribution in [0.4, 0.5) is 0 Å². The first-order valence-electron chi connectivity index (χ1n) is 15.4. The van der Waals surface area contributed by atoms with Gasteiger partial charge in [-0.05, 0) is 39.4 Å². The third kappa shape index (κ3) is 4.18. The molecule has 0 spiro atoms. The van der Waals surface area contributed by atoms with Crippen molar-refractivity contribution < 1.29 is 24.3 Å². The third-order valence-corrected chi connectivity index (χ3v) is 10.0. The number of hydrogen-bond acceptors (Lipinski definition) is 2. The minimum atomic E-state index is -1.26. The number of benzene rings is 5. The van der Waals surface area contributed by atoms with Crippen molar-refractivity contribution in [2.24, 2.45) is 11.8 Å². The summed E-state index contributed by atoms with van der Waals surface area (Å²) >= 11 is 0. The Kier molecular flexibility index (Phi) is 6.75. The largest absolute Gasteiger partial charge is 0.481 e. The van der Waals surface area contributed by atoms with Crippen molar-refractivity contribution in [3.05, 3.63) is 178 Å². The van der Waals surface area contributed by atoms with Crippen molar-refractivity contribution in [3.63, 3.8) is 0 Å². The van der Waals surface area contributed by atoms with Gasteiger partial charge in [-0.25, -0.2) is 0 Å². The molecule has 0 saturated heterocycles. The van der Waals surface area contributed by atoms with Gasteiger partial charge in [0, 0.05) is 11.1 Å². The van der Waals surface area contributed by atoms with Gasteiger partial charge in [0.1, 0.15) is 13.1 Å². The van der Waals surface area contributed by atoms with Crippen LogP contribution >= 0.6 is 0 Å². The summed E-state index contributed by atoms with van der Waals surface area (Å²) < 4.78 is 0.696. The third-order valence-electron chi connectivity index (χ3n) is 10.0. The van der Waals surface area contributed by atoms with Crippen LogP contribution in [0.25, 0.3) is 0 Å². The van der Waals surface area contributed by atoms with Gasteiger partial charge >= 0.3 is 11.9 Å². The molecule has 5 aromatic rings. The van der Waals surface area contributed by atoms with Gasteiger partial charge in [0.2, 0.25) is 0 Å². The van der Waals surface area contributed by atoms with Crippen molar-refractivity contribution in [1.82, 2.24) is 0 Å². The first kappa shape index (κ1) is 28.8. The smallest absolute Gasteiger partial charge is 0.309 e. The molecule has 5 aromatic carbocycles. The number of fused-ring (bicyclic) bond motifs is 1. The zero-order valence-corrected chi connectivity index (χ0v) is 25.4. The van der Waals surface area contributed by atoms with E-state index < -0.39 is 34.6 Å². The van der Waals surface area contributed by atoms with Crippen LogP contribution in [0.5, 0.6) is 0 Å². The Bertz CT molecular complexity index is 1900. The standard InChI is InChI=1S/C40H35NO4/c1-41(2,25-27-14-6-3-7-15-27)26-28-22-23-33-34(24-28)40(30-18-10-5-11-19-30)32-21-13-12-20-31(32)39(33,29-16-8-4-9-17-29)35(37(42)43)36(40)38(44)45/h3-24,35-36H,25-26H2,1-2H3,(H-,42,43,44,45)/p+1. The minimum Gasteiger partial charge on any atom is -0.481 e. The molecule has 4 unspecified atom stereocenters. The first-order valence-corrected chi connectivity index (χ1v) is 15.4. The number of carboxylic acid groups (broad SMARTS) is 2. The van der Waals surface area contributed by atoms with E-state index in [4.69, 9.17) is 0 Å².